The zero-order valence-corrected chi connectivity index (χ0v) is 64.3. The van der Waals surface area contributed by atoms with Crippen molar-refractivity contribution < 1.29 is 63.3 Å². The number of nitrogens with zero attached hydrogens (tertiary/aromatic N) is 22. The van der Waals surface area contributed by atoms with Gasteiger partial charge in [-0.15, -0.1) is 12.1 Å². The Balaban J connectivity index is 0.000000124. The van der Waals surface area contributed by atoms with Crippen molar-refractivity contribution in [1.82, 2.24) is 74.3 Å². The molecule has 14 aromatic heterocycles. The van der Waals surface area contributed by atoms with Gasteiger partial charge >= 0.3 is 5.82 Å². The van der Waals surface area contributed by atoms with Crippen molar-refractivity contribution in [2.75, 3.05) is 16.8 Å². The van der Waals surface area contributed by atoms with Crippen molar-refractivity contribution >= 4 is 46.1 Å². The maximum Gasteiger partial charge on any atom is 0.307 e. The second-order valence-corrected chi connectivity index (χ2v) is 26.1. The number of rotatable bonds is 7. The third-order valence-corrected chi connectivity index (χ3v) is 19.9. The first-order chi connectivity index (χ1) is 53.2. The van der Waals surface area contributed by atoms with E-state index in [-0.39, 0.29) is 44.6 Å². The van der Waals surface area contributed by atoms with Crippen molar-refractivity contribution in [2.45, 2.75) is 61.4 Å². The number of aromatic nitrogens is 20. The van der Waals surface area contributed by atoms with E-state index in [9.17, 15) is 0 Å². The minimum Gasteiger partial charge on any atom is -0.352 e. The fourth-order valence-corrected chi connectivity index (χ4v) is 14.4. The summed E-state index contributed by atoms with van der Waals surface area (Å²) < 4.78 is 101. The maximum absolute atomic E-state index is 7.98. The molecule has 15 heterocycles. The largest absolute Gasteiger partial charge is 0.352 e. The van der Waals surface area contributed by atoms with E-state index < -0.39 is 20.7 Å². The Bertz CT molecular complexity index is 6200. The fourth-order valence-electron chi connectivity index (χ4n) is 14.4. The van der Waals surface area contributed by atoms with E-state index in [2.05, 4.69) is 140 Å². The summed E-state index contributed by atoms with van der Waals surface area (Å²) >= 11 is 0. The minimum absolute atomic E-state index is 0. The predicted octanol–water partition coefficient (Wildman–Crippen LogP) is 11.7. The number of para-hydroxylation sites is 2. The molecule has 23 heteroatoms. The van der Waals surface area contributed by atoms with Gasteiger partial charge in [-0.25, -0.2) is 50.8 Å². The molecule has 1 radical (unpaired) electrons. The van der Waals surface area contributed by atoms with Crippen LogP contribution >= 0.6 is 0 Å². The second kappa shape index (κ2) is 28.5. The van der Waals surface area contributed by atoms with Crippen molar-refractivity contribution in [1.29, 1.82) is 0 Å². The van der Waals surface area contributed by atoms with Crippen LogP contribution in [0, 0.1) is 60.5 Å². The van der Waals surface area contributed by atoms with Crippen molar-refractivity contribution in [3.63, 3.8) is 0 Å². The third kappa shape index (κ3) is 12.2. The Morgan fingerprint density at radius 1 is 0.481 bits per heavy atom. The molecular weight excluding hydrogens is 1370 g/mol. The van der Waals surface area contributed by atoms with Crippen LogP contribution in [-0.4, -0.2) is 87.5 Å². The molecule has 0 aliphatic carbocycles. The summed E-state index contributed by atoms with van der Waals surface area (Å²) in [7, 11) is 20.0. The van der Waals surface area contributed by atoms with Crippen LogP contribution in [0.1, 0.15) is 59.0 Å². The van der Waals surface area contributed by atoms with Gasteiger partial charge in [0.1, 0.15) is 68.8 Å². The zero-order chi connectivity index (χ0) is 80.1. The number of benzene rings is 3. The number of aryl methyl sites for hydroxylation is 17. The molecule has 0 unspecified atom stereocenters. The van der Waals surface area contributed by atoms with Gasteiger partial charge in [0.15, 0.2) is 23.8 Å². The number of pyridine rings is 3. The monoisotopic (exact) mass is 1470 g/mol. The Hall–Kier alpha value is -11.2. The quantitative estimate of drug-likeness (QED) is 0.114. The molecule has 0 saturated heterocycles. The van der Waals surface area contributed by atoms with Gasteiger partial charge in [0.2, 0.25) is 40.3 Å². The van der Waals surface area contributed by atoms with Crippen LogP contribution in [0.3, 0.4) is 0 Å². The Labute approximate surface area is 644 Å². The Kier molecular flexibility index (Phi) is 16.6. The van der Waals surface area contributed by atoms with E-state index in [1.807, 2.05) is 252 Å². The van der Waals surface area contributed by atoms with E-state index in [0.717, 1.165) is 108 Å². The van der Waals surface area contributed by atoms with E-state index in [4.69, 9.17) is 12.3 Å². The predicted molar refractivity (Wildman–Crippen MR) is 404 cm³/mol. The van der Waals surface area contributed by atoms with Gasteiger partial charge in [0.05, 0.1) is 53.9 Å². The van der Waals surface area contributed by atoms with Crippen LogP contribution in [0.4, 0.5) is 17.2 Å². The maximum atomic E-state index is 7.98. The molecule has 1 atom stereocenters. The van der Waals surface area contributed by atoms with E-state index in [1.165, 1.54) is 27.8 Å². The smallest absolute Gasteiger partial charge is 0.307 e. The van der Waals surface area contributed by atoms with Crippen molar-refractivity contribution in [3.05, 3.63) is 248 Å². The number of hydrogen-bond acceptors (Lipinski definition) is 7. The number of fused-ring (bicyclic) bond motifs is 6. The van der Waals surface area contributed by atoms with Crippen LogP contribution in [0.25, 0.3) is 96.8 Å². The summed E-state index contributed by atoms with van der Waals surface area (Å²) in [5, 5.41) is 0. The average Bonchev–Trinajstić information content (AvgIpc) is 1.56. The van der Waals surface area contributed by atoms with Gasteiger partial charge < -0.3 is 28.1 Å². The van der Waals surface area contributed by atoms with Gasteiger partial charge in [-0.2, -0.15) is 27.3 Å². The van der Waals surface area contributed by atoms with Gasteiger partial charge in [-0.1, -0.05) is 42.5 Å². The standard InChI is InChI=1S/C20H21N4.C19H17N4.C16H19N5.C14H17N4.C12H16N5.Y/c1-14-13-22(3)18(12-17(14)16-8-6-5-7-9-16)19-15(2)24-11-10-21-20(24)23(19)4;1-14-18(22(3)19-20-10-12-23(14)19)17-13-16(9-11-21(17)2)15-7-5-4-6-8-15;1-11-15(19(4)16-17-9-10-20(11)16)21-12(2)18(3)13-7-5-6-8-14(13)21;1-10-11(2)18-9-13(17(4)14(18)15-10)12-7-5-6-8-16(12)3;1-9-10(11-14(2)7-8-15(11)3)16(4)12-13-5-6-17(9)12;/h5-13H,1-4H3;4-7,10-13H,1-3H3;5-10,12H,1-4H3;5-9H,1-4H3;5-8H,1-4H3;/q+1;-1;;2*+1;/t;;12-;;;/m..0.../s1/i1D3;;3D3;1D3;;. The summed E-state index contributed by atoms with van der Waals surface area (Å²) in [6, 6.07) is 42.0. The molecule has 0 N–H and O–H groups in total. The number of imidazole rings is 11. The van der Waals surface area contributed by atoms with Gasteiger partial charge in [0.25, 0.3) is 0 Å². The SMILES string of the molecule is Cc1c(-c2cc(-c3[c-]cccc3)[c-]c[n+]2C)n(C)c2nccn12.Cc1c(-c2n(C)cc[n+]2C)n(C)c2nccn12.[2H]C([2H])([2H])N1c2ccccc2N(c2c(C)n3ccnc3n2C)[C@H]1C.[2H]C([2H])([2H])c1c[n+](C)c(-c2c(C)n3ccnc3n2C)cc1-c1ccccc1.[2H]C([2H])([2H])c1nc2n(C)c(-c3cccc[n+]3C)cn2c1C.[Y]. The third-order valence-electron chi connectivity index (χ3n) is 19.9. The van der Waals surface area contributed by atoms with Crippen LogP contribution in [-0.2, 0) is 103 Å². The molecule has 1 aliphatic heterocycles. The first-order valence-corrected chi connectivity index (χ1v) is 33.8. The van der Waals surface area contributed by atoms with E-state index >= 15 is 0 Å². The Morgan fingerprint density at radius 3 is 1.60 bits per heavy atom. The zero-order valence-electron chi connectivity index (χ0n) is 70.5. The molecule has 17 aromatic rings. The molecule has 0 bridgehead atoms. The molecule has 0 amide bonds. The van der Waals surface area contributed by atoms with E-state index in [0.29, 0.717) is 17.0 Å². The first kappa shape index (κ1) is 60.4. The second-order valence-electron chi connectivity index (χ2n) is 26.1. The molecule has 104 heavy (non-hydrogen) atoms. The van der Waals surface area contributed by atoms with Crippen LogP contribution in [0.15, 0.2) is 196 Å². The minimum atomic E-state index is -2.20. The molecule has 22 nitrogen and oxygen atoms in total. The normalized spacial score (nSPS) is 14.2. The van der Waals surface area contributed by atoms with Gasteiger partial charge in [-0.3, -0.25) is 37.7 Å². The van der Waals surface area contributed by atoms with Crippen molar-refractivity contribution in [2.24, 2.45) is 70.5 Å². The van der Waals surface area contributed by atoms with Gasteiger partial charge in [-0.05, 0) is 84.6 Å². The molecule has 0 fully saturated rings. The summed E-state index contributed by atoms with van der Waals surface area (Å²) in [5.74, 6) is 6.36. The average molecular weight is 1470 g/mol. The van der Waals surface area contributed by atoms with Crippen LogP contribution < -0.4 is 28.1 Å². The summed E-state index contributed by atoms with van der Waals surface area (Å²) in [6.07, 6.45) is 26.4. The first-order valence-electron chi connectivity index (χ1n) is 38.3. The molecule has 18 rings (SSSR count). The van der Waals surface area contributed by atoms with Crippen molar-refractivity contribution in [3.8, 4) is 67.9 Å². The van der Waals surface area contributed by atoms with Crippen LogP contribution in [0.2, 0.25) is 0 Å². The summed E-state index contributed by atoms with van der Waals surface area (Å²) in [6.45, 7) is 5.43. The molecular formula is C81H90N22Y+2. The molecule has 0 spiro atoms. The molecule has 525 valence electrons. The van der Waals surface area contributed by atoms with Gasteiger partial charge in [0, 0.05) is 172 Å². The topological polar surface area (TPSA) is 138 Å². The Morgan fingerprint density at radius 2 is 1.05 bits per heavy atom. The number of anilines is 3. The summed E-state index contributed by atoms with van der Waals surface area (Å²) in [5.41, 5.74) is 18.4. The fraction of sp³-hybridized carbons (Fsp3) is 0.247. The molecule has 0 saturated carbocycles. The number of hydrogen-bond donors (Lipinski definition) is 0. The van der Waals surface area contributed by atoms with Crippen LogP contribution in [0.5, 0.6) is 0 Å². The molecule has 1 aliphatic rings. The van der Waals surface area contributed by atoms with E-state index in [1.54, 1.807) is 25.5 Å². The molecule has 3 aromatic carbocycles. The summed E-state index contributed by atoms with van der Waals surface area (Å²) in [4.78, 5) is 25.5.